The maximum Gasteiger partial charge on any atom is 0.219 e. The van der Waals surface area contributed by atoms with Gasteiger partial charge in [-0.1, -0.05) is 17.8 Å². The van der Waals surface area contributed by atoms with Crippen LogP contribution in [0.2, 0.25) is 0 Å². The third-order valence-electron chi connectivity index (χ3n) is 4.20. The lowest BCUT2D eigenvalue weighted by Crippen LogP contribution is -2.41. The molecule has 102 valence electrons. The Morgan fingerprint density at radius 2 is 2.53 bits per heavy atom. The normalized spacial score (nSPS) is 33.4. The topological polar surface area (TPSA) is 26.3 Å². The van der Waals surface area contributed by atoms with Crippen molar-refractivity contribution >= 4 is 34.1 Å². The molecule has 3 atom stereocenters. The van der Waals surface area contributed by atoms with E-state index in [1.165, 1.54) is 11.8 Å². The van der Waals surface area contributed by atoms with Gasteiger partial charge in [0.1, 0.15) is 6.10 Å². The summed E-state index contributed by atoms with van der Waals surface area (Å²) in [5, 5.41) is 0. The van der Waals surface area contributed by atoms with Gasteiger partial charge in [0.25, 0.3) is 0 Å². The SMILES string of the molecule is C#CC[C@@]12C=CC(=O)C[C@@H]1CC(OC(=S)SC)CC2. The fraction of sp³-hybridized carbons (Fsp3) is 0.600. The zero-order chi connectivity index (χ0) is 13.9. The lowest BCUT2D eigenvalue weighted by molar-refractivity contribution is -0.118. The Hall–Kier alpha value is -0.790. The highest BCUT2D eigenvalue weighted by molar-refractivity contribution is 8.22. The van der Waals surface area contributed by atoms with Crippen molar-refractivity contribution in [2.45, 2.75) is 38.2 Å². The smallest absolute Gasteiger partial charge is 0.219 e. The van der Waals surface area contributed by atoms with E-state index in [0.29, 0.717) is 23.1 Å². The number of rotatable bonds is 2. The molecule has 2 nitrogen and oxygen atoms in total. The molecule has 1 saturated carbocycles. The van der Waals surface area contributed by atoms with Crippen LogP contribution in [0.4, 0.5) is 0 Å². The summed E-state index contributed by atoms with van der Waals surface area (Å²) in [6, 6.07) is 0. The second-order valence-electron chi connectivity index (χ2n) is 5.28. The first-order chi connectivity index (χ1) is 9.09. The van der Waals surface area contributed by atoms with Crippen molar-refractivity contribution < 1.29 is 9.53 Å². The van der Waals surface area contributed by atoms with Crippen LogP contribution >= 0.6 is 24.0 Å². The number of hydrogen-bond acceptors (Lipinski definition) is 4. The second-order valence-corrected chi connectivity index (χ2v) is 6.69. The molecule has 2 aliphatic rings. The van der Waals surface area contributed by atoms with Crippen LogP contribution in [-0.4, -0.2) is 22.5 Å². The number of allylic oxidation sites excluding steroid dienone is 2. The number of carbonyl (C=O) groups excluding carboxylic acids is 1. The van der Waals surface area contributed by atoms with E-state index >= 15 is 0 Å². The number of thioether (sulfide) groups is 1. The first kappa shape index (κ1) is 14.6. The molecule has 0 aromatic rings. The Balaban J connectivity index is 2.10. The highest BCUT2D eigenvalue weighted by atomic mass is 32.2. The molecule has 19 heavy (non-hydrogen) atoms. The van der Waals surface area contributed by atoms with Crippen LogP contribution in [0.3, 0.4) is 0 Å². The fourth-order valence-electron chi connectivity index (χ4n) is 3.15. The Kier molecular flexibility index (Phi) is 4.70. The van der Waals surface area contributed by atoms with E-state index in [1.54, 1.807) is 6.08 Å². The Bertz CT molecular complexity index is 450. The molecule has 0 heterocycles. The molecule has 1 fully saturated rings. The lowest BCUT2D eigenvalue weighted by atomic mass is 9.60. The van der Waals surface area contributed by atoms with Crippen molar-refractivity contribution in [3.63, 3.8) is 0 Å². The van der Waals surface area contributed by atoms with Gasteiger partial charge in [-0.3, -0.25) is 4.79 Å². The summed E-state index contributed by atoms with van der Waals surface area (Å²) in [4.78, 5) is 11.6. The molecule has 4 heteroatoms. The molecule has 0 amide bonds. The molecule has 2 aliphatic carbocycles. The molecule has 0 spiro atoms. The monoisotopic (exact) mass is 294 g/mol. The van der Waals surface area contributed by atoms with E-state index in [1.807, 2.05) is 12.3 Å². The van der Waals surface area contributed by atoms with Gasteiger partial charge in [0.05, 0.1) is 0 Å². The molecule has 0 aromatic carbocycles. The van der Waals surface area contributed by atoms with Gasteiger partial charge < -0.3 is 4.74 Å². The van der Waals surface area contributed by atoms with Crippen LogP contribution in [0.25, 0.3) is 0 Å². The first-order valence-corrected chi connectivity index (χ1v) is 8.13. The number of ether oxygens (including phenoxy) is 1. The van der Waals surface area contributed by atoms with Crippen LogP contribution < -0.4 is 0 Å². The Labute approximate surface area is 124 Å². The maximum atomic E-state index is 11.6. The molecule has 0 N–H and O–H groups in total. The molecular formula is C15H18O2S2. The molecule has 0 radical (unpaired) electrons. The van der Waals surface area contributed by atoms with E-state index in [4.69, 9.17) is 23.4 Å². The molecule has 1 unspecified atom stereocenters. The summed E-state index contributed by atoms with van der Waals surface area (Å²) in [5.41, 5.74) is 0.00347. The van der Waals surface area contributed by atoms with E-state index in [-0.39, 0.29) is 17.3 Å². The summed E-state index contributed by atoms with van der Waals surface area (Å²) in [6.07, 6.45) is 15.4. The van der Waals surface area contributed by atoms with Crippen molar-refractivity contribution in [2.75, 3.05) is 6.26 Å². The van der Waals surface area contributed by atoms with Gasteiger partial charge in [-0.25, -0.2) is 0 Å². The second kappa shape index (κ2) is 6.11. The zero-order valence-corrected chi connectivity index (χ0v) is 12.7. The van der Waals surface area contributed by atoms with Crippen LogP contribution in [0, 0.1) is 23.7 Å². The quantitative estimate of drug-likeness (QED) is 0.576. The van der Waals surface area contributed by atoms with Gasteiger partial charge in [0, 0.05) is 18.3 Å². The molecular weight excluding hydrogens is 276 g/mol. The third-order valence-corrected chi connectivity index (χ3v) is 5.23. The van der Waals surface area contributed by atoms with Gasteiger partial charge in [0.15, 0.2) is 5.78 Å². The zero-order valence-electron chi connectivity index (χ0n) is 11.1. The third kappa shape index (κ3) is 3.21. The standard InChI is InChI=1S/C15H18O2S2/c1-3-6-15-7-4-12(16)9-11(15)10-13(5-8-15)17-14(18)19-2/h1,4,7,11,13H,5-6,8-10H2,2H3/t11-,13?,15+/m1/s1. The van der Waals surface area contributed by atoms with Gasteiger partial charge in [-0.15, -0.1) is 12.3 Å². The number of fused-ring (bicyclic) bond motifs is 1. The highest BCUT2D eigenvalue weighted by Gasteiger charge is 2.44. The molecule has 0 saturated heterocycles. The summed E-state index contributed by atoms with van der Waals surface area (Å²) < 4.78 is 6.35. The van der Waals surface area contributed by atoms with Gasteiger partial charge >= 0.3 is 0 Å². The Morgan fingerprint density at radius 3 is 3.21 bits per heavy atom. The molecule has 0 aliphatic heterocycles. The summed E-state index contributed by atoms with van der Waals surface area (Å²) in [6.45, 7) is 0. The van der Waals surface area contributed by atoms with Crippen molar-refractivity contribution in [2.24, 2.45) is 11.3 Å². The highest BCUT2D eigenvalue weighted by Crippen LogP contribution is 2.49. The van der Waals surface area contributed by atoms with Crippen molar-refractivity contribution in [3.05, 3.63) is 12.2 Å². The summed E-state index contributed by atoms with van der Waals surface area (Å²) >= 11 is 6.57. The van der Waals surface area contributed by atoms with Gasteiger partial charge in [-0.05, 0) is 49.7 Å². The summed E-state index contributed by atoms with van der Waals surface area (Å²) in [7, 11) is 0. The number of ketones is 1. The van der Waals surface area contributed by atoms with E-state index < -0.39 is 0 Å². The molecule has 2 rings (SSSR count). The van der Waals surface area contributed by atoms with Gasteiger partial charge in [0.2, 0.25) is 4.38 Å². The first-order valence-electron chi connectivity index (χ1n) is 6.50. The maximum absolute atomic E-state index is 11.6. The largest absolute Gasteiger partial charge is 0.475 e. The van der Waals surface area contributed by atoms with Crippen LogP contribution in [0.1, 0.15) is 32.1 Å². The minimum Gasteiger partial charge on any atom is -0.475 e. The lowest BCUT2D eigenvalue weighted by Gasteiger charge is -2.45. The average Bonchev–Trinajstić information content (AvgIpc) is 2.40. The predicted molar refractivity (Wildman–Crippen MR) is 83.0 cm³/mol. The molecule has 0 aromatic heterocycles. The molecule has 0 bridgehead atoms. The van der Waals surface area contributed by atoms with E-state index in [9.17, 15) is 4.79 Å². The number of carbonyl (C=O) groups is 1. The number of hydrogen-bond donors (Lipinski definition) is 0. The predicted octanol–water partition coefficient (Wildman–Crippen LogP) is 3.36. The number of terminal acetylenes is 1. The number of thiocarbonyl (C=S) groups is 1. The van der Waals surface area contributed by atoms with Crippen LogP contribution in [-0.2, 0) is 9.53 Å². The van der Waals surface area contributed by atoms with Gasteiger partial charge in [-0.2, -0.15) is 0 Å². The minimum atomic E-state index is 0.00347. The Morgan fingerprint density at radius 1 is 1.74 bits per heavy atom. The minimum absolute atomic E-state index is 0.00347. The van der Waals surface area contributed by atoms with Crippen LogP contribution in [0.15, 0.2) is 12.2 Å². The van der Waals surface area contributed by atoms with Crippen molar-refractivity contribution in [3.8, 4) is 12.3 Å². The van der Waals surface area contributed by atoms with Crippen LogP contribution in [0.5, 0.6) is 0 Å². The summed E-state index contributed by atoms with van der Waals surface area (Å²) in [5.74, 6) is 3.27. The fourth-order valence-corrected chi connectivity index (χ4v) is 3.52. The average molecular weight is 294 g/mol. The van der Waals surface area contributed by atoms with Crippen molar-refractivity contribution in [1.82, 2.24) is 0 Å². The van der Waals surface area contributed by atoms with Crippen molar-refractivity contribution in [1.29, 1.82) is 0 Å². The van der Waals surface area contributed by atoms with E-state index in [2.05, 4.69) is 5.92 Å². The van der Waals surface area contributed by atoms with E-state index in [0.717, 1.165) is 19.3 Å².